The van der Waals surface area contributed by atoms with Crippen molar-refractivity contribution in [3.8, 4) is 11.5 Å². The van der Waals surface area contributed by atoms with E-state index in [1.807, 2.05) is 48.5 Å². The first kappa shape index (κ1) is 17.9. The minimum atomic E-state index is 0. The molecule has 0 aliphatic heterocycles. The van der Waals surface area contributed by atoms with E-state index in [1.165, 1.54) is 0 Å². The topological polar surface area (TPSA) is 66.7 Å². The summed E-state index contributed by atoms with van der Waals surface area (Å²) in [5.74, 6) is 0.568. The average molecular weight is 496 g/mol. The molecule has 29 heavy (non-hydrogen) atoms. The van der Waals surface area contributed by atoms with Gasteiger partial charge in [-0.05, 0) is 65.1 Å². The van der Waals surface area contributed by atoms with Gasteiger partial charge < -0.3 is 20.5 Å². The van der Waals surface area contributed by atoms with E-state index in [4.69, 9.17) is 8.83 Å². The molecule has 0 saturated carbocycles. The molecule has 6 rings (SSSR count). The SMILES string of the molecule is Oc1ccc2oc3ccccc3c2c1.Oc1ccc2oc3ccccc3c2c1I.[2H-]. The Kier molecular flexibility index (Phi) is 4.32. The molecule has 4 nitrogen and oxygen atoms in total. The number of rotatable bonds is 0. The van der Waals surface area contributed by atoms with E-state index in [1.54, 1.807) is 30.3 Å². The Hall–Kier alpha value is -3.19. The summed E-state index contributed by atoms with van der Waals surface area (Å²) in [4.78, 5) is 0. The number of aromatic hydroxyl groups is 2. The van der Waals surface area contributed by atoms with Gasteiger partial charge in [-0.25, -0.2) is 0 Å². The highest BCUT2D eigenvalue weighted by Gasteiger charge is 2.11. The molecular formula is C24H16IO4-. The van der Waals surface area contributed by atoms with E-state index in [0.29, 0.717) is 5.75 Å². The number of benzene rings is 4. The summed E-state index contributed by atoms with van der Waals surface area (Å²) in [7, 11) is 0. The Morgan fingerprint density at radius 1 is 0.621 bits per heavy atom. The van der Waals surface area contributed by atoms with E-state index in [9.17, 15) is 10.2 Å². The first-order chi connectivity index (χ1) is 14.1. The van der Waals surface area contributed by atoms with Crippen molar-refractivity contribution in [1.29, 1.82) is 0 Å². The molecule has 0 saturated heterocycles. The molecule has 0 radical (unpaired) electrons. The van der Waals surface area contributed by atoms with E-state index in [0.717, 1.165) is 47.4 Å². The fourth-order valence-corrected chi connectivity index (χ4v) is 4.21. The van der Waals surface area contributed by atoms with Gasteiger partial charge >= 0.3 is 0 Å². The number of furan rings is 2. The fourth-order valence-electron chi connectivity index (χ4n) is 3.48. The lowest BCUT2D eigenvalue weighted by Gasteiger charge is -1.96. The average Bonchev–Trinajstić information content (AvgIpc) is 3.29. The van der Waals surface area contributed by atoms with Gasteiger partial charge in [0.25, 0.3) is 0 Å². The van der Waals surface area contributed by atoms with Gasteiger partial charge in [0.2, 0.25) is 0 Å². The standard InChI is InChI=1S/C12H7IO2.C12H8O2.H/c13-12-8(14)5-6-10-11(12)7-3-1-2-4-9(7)15-10;13-8-5-6-12-10(7-8)9-3-1-2-4-11(9)14-12;/h1-6,14H;1-7,13H;/q;;-1/i;;1+1. The van der Waals surface area contributed by atoms with Gasteiger partial charge in [-0.15, -0.1) is 0 Å². The first-order valence-electron chi connectivity index (χ1n) is 9.01. The number of phenolic OH excluding ortho intramolecular Hbond substituents is 2. The van der Waals surface area contributed by atoms with Crippen LogP contribution in [-0.2, 0) is 0 Å². The number of hydrogen-bond donors (Lipinski definition) is 2. The largest absolute Gasteiger partial charge is 1.00 e. The molecule has 2 heterocycles. The summed E-state index contributed by atoms with van der Waals surface area (Å²) in [6.45, 7) is 0. The second kappa shape index (κ2) is 7.00. The molecule has 4 aromatic carbocycles. The summed E-state index contributed by atoms with van der Waals surface area (Å²) in [5.41, 5.74) is 3.34. The first-order valence-corrected chi connectivity index (χ1v) is 10.1. The van der Waals surface area contributed by atoms with E-state index < -0.39 is 0 Å². The molecule has 144 valence electrons. The molecule has 2 N–H and O–H groups in total. The minimum Gasteiger partial charge on any atom is -1.00 e. The lowest BCUT2D eigenvalue weighted by molar-refractivity contribution is 0.472. The molecule has 6 aromatic rings. The van der Waals surface area contributed by atoms with E-state index >= 15 is 0 Å². The Balaban J connectivity index is 0.000000141. The highest BCUT2D eigenvalue weighted by Crippen LogP contribution is 2.36. The van der Waals surface area contributed by atoms with Crippen molar-refractivity contribution in [2.75, 3.05) is 0 Å². The Morgan fingerprint density at radius 3 is 2.00 bits per heavy atom. The predicted octanol–water partition coefficient (Wildman–Crippen LogP) is 7.30. The van der Waals surface area contributed by atoms with Crippen molar-refractivity contribution in [2.45, 2.75) is 0 Å². The van der Waals surface area contributed by atoms with Gasteiger partial charge in [0.1, 0.15) is 33.8 Å². The molecule has 0 fully saturated rings. The Morgan fingerprint density at radius 2 is 1.21 bits per heavy atom. The van der Waals surface area contributed by atoms with Crippen molar-refractivity contribution in [3.05, 3.63) is 82.4 Å². The zero-order chi connectivity index (χ0) is 20.0. The Labute approximate surface area is 180 Å². The van der Waals surface area contributed by atoms with Gasteiger partial charge in [-0.2, -0.15) is 0 Å². The quantitative estimate of drug-likeness (QED) is 0.217. The van der Waals surface area contributed by atoms with Crippen LogP contribution in [0.2, 0.25) is 0 Å². The number of halogens is 1. The van der Waals surface area contributed by atoms with E-state index in [2.05, 4.69) is 22.6 Å². The van der Waals surface area contributed by atoms with E-state index in [-0.39, 0.29) is 7.18 Å². The second-order valence-electron chi connectivity index (χ2n) is 6.65. The van der Waals surface area contributed by atoms with Crippen molar-refractivity contribution >= 4 is 66.5 Å². The minimum absolute atomic E-state index is 0. The summed E-state index contributed by atoms with van der Waals surface area (Å²) < 4.78 is 12.1. The molecule has 0 spiro atoms. The number of fused-ring (bicyclic) bond motifs is 6. The number of para-hydroxylation sites is 2. The molecule has 2 aromatic heterocycles. The van der Waals surface area contributed by atoms with Gasteiger partial charge in [0, 0.05) is 21.5 Å². The van der Waals surface area contributed by atoms with Gasteiger partial charge in [0.15, 0.2) is 0 Å². The second-order valence-corrected chi connectivity index (χ2v) is 7.73. The lowest BCUT2D eigenvalue weighted by Crippen LogP contribution is -1.75. The summed E-state index contributed by atoms with van der Waals surface area (Å²) >= 11 is 2.14. The normalized spacial score (nSPS) is 11.2. The molecule has 0 aliphatic rings. The molecule has 0 unspecified atom stereocenters. The highest BCUT2D eigenvalue weighted by molar-refractivity contribution is 14.1. The van der Waals surface area contributed by atoms with Crippen LogP contribution in [0.4, 0.5) is 0 Å². The summed E-state index contributed by atoms with van der Waals surface area (Å²) in [6.07, 6.45) is 0. The zero-order valence-electron chi connectivity index (χ0n) is 16.1. The van der Waals surface area contributed by atoms with Crippen molar-refractivity contribution in [2.24, 2.45) is 0 Å². The predicted molar refractivity (Wildman–Crippen MR) is 125 cm³/mol. The third-order valence-electron chi connectivity index (χ3n) is 4.82. The van der Waals surface area contributed by atoms with Gasteiger partial charge in [-0.3, -0.25) is 0 Å². The zero-order valence-corrected chi connectivity index (χ0v) is 17.3. The lowest BCUT2D eigenvalue weighted by atomic mass is 10.1. The van der Waals surface area contributed by atoms with Crippen LogP contribution in [0.15, 0.2) is 87.7 Å². The fraction of sp³-hybridized carbons (Fsp3) is 0. The van der Waals surface area contributed by atoms with Crippen molar-refractivity contribution in [1.82, 2.24) is 0 Å². The highest BCUT2D eigenvalue weighted by atomic mass is 127. The third kappa shape index (κ3) is 3.07. The molecule has 0 bridgehead atoms. The number of hydrogen-bond acceptors (Lipinski definition) is 4. The van der Waals surface area contributed by atoms with Crippen LogP contribution in [0, 0.1) is 3.57 Å². The van der Waals surface area contributed by atoms with Crippen molar-refractivity contribution in [3.63, 3.8) is 0 Å². The van der Waals surface area contributed by atoms with Crippen LogP contribution in [-0.4, -0.2) is 10.2 Å². The summed E-state index contributed by atoms with van der Waals surface area (Å²) in [6, 6.07) is 24.2. The third-order valence-corrected chi connectivity index (χ3v) is 5.91. The van der Waals surface area contributed by atoms with Gasteiger partial charge in [0.05, 0.1) is 3.57 Å². The van der Waals surface area contributed by atoms with Crippen LogP contribution in [0.3, 0.4) is 0 Å². The van der Waals surface area contributed by atoms with Crippen molar-refractivity contribution < 1.29 is 20.5 Å². The molecule has 5 heteroatoms. The molecule has 0 atom stereocenters. The van der Waals surface area contributed by atoms with Gasteiger partial charge in [-0.1, -0.05) is 36.4 Å². The Bertz CT molecular complexity index is 1500. The van der Waals surface area contributed by atoms with Crippen LogP contribution in [0.1, 0.15) is 1.43 Å². The summed E-state index contributed by atoms with van der Waals surface area (Å²) in [5, 5.41) is 23.1. The number of phenols is 2. The maximum absolute atomic E-state index is 9.65. The molecule has 0 aliphatic carbocycles. The maximum atomic E-state index is 9.65. The smallest absolute Gasteiger partial charge is 0.136 e. The molecular weight excluding hydrogens is 479 g/mol. The maximum Gasteiger partial charge on any atom is 0.136 e. The van der Waals surface area contributed by atoms with Crippen LogP contribution >= 0.6 is 22.6 Å². The van der Waals surface area contributed by atoms with Crippen LogP contribution in [0.25, 0.3) is 43.9 Å². The van der Waals surface area contributed by atoms with Crippen LogP contribution in [0.5, 0.6) is 11.5 Å². The molecule has 0 amide bonds. The van der Waals surface area contributed by atoms with Crippen LogP contribution < -0.4 is 0 Å². The monoisotopic (exact) mass is 496 g/mol.